The van der Waals surface area contributed by atoms with Crippen molar-refractivity contribution in [2.45, 2.75) is 35.5 Å². The molecule has 0 radical (unpaired) electrons. The average molecular weight is 563 g/mol. The van der Waals surface area contributed by atoms with Crippen molar-refractivity contribution in [3.63, 3.8) is 0 Å². The largest absolute Gasteiger partial charge is 0.481 e. The maximum Gasteiger partial charge on any atom is 0.306 e. The zero-order chi connectivity index (χ0) is 26.5. The SMILES string of the molecule is NC(=O)C1CCN(C(=O)/C=C/c2ccc(Sc3cccc(N4CCC(C(=O)O)CC4)c3)c(Cl)c2Cl)CC1. The minimum absolute atomic E-state index is 0.141. The summed E-state index contributed by atoms with van der Waals surface area (Å²) in [6.07, 6.45) is 5.57. The van der Waals surface area contributed by atoms with Gasteiger partial charge in [0.05, 0.1) is 16.0 Å². The van der Waals surface area contributed by atoms with E-state index in [0.717, 1.165) is 15.5 Å². The quantitative estimate of drug-likeness (QED) is 0.451. The van der Waals surface area contributed by atoms with Crippen LogP contribution in [-0.4, -0.2) is 54.0 Å². The van der Waals surface area contributed by atoms with Crippen LogP contribution in [0.25, 0.3) is 6.08 Å². The molecule has 0 unspecified atom stereocenters. The zero-order valence-electron chi connectivity index (χ0n) is 20.2. The lowest BCUT2D eigenvalue weighted by Gasteiger charge is -2.32. The number of primary amides is 1. The summed E-state index contributed by atoms with van der Waals surface area (Å²) in [4.78, 5) is 40.8. The van der Waals surface area contributed by atoms with Gasteiger partial charge in [0.1, 0.15) is 0 Å². The van der Waals surface area contributed by atoms with Crippen molar-refractivity contribution in [1.29, 1.82) is 0 Å². The summed E-state index contributed by atoms with van der Waals surface area (Å²) < 4.78 is 0. The molecule has 2 amide bonds. The van der Waals surface area contributed by atoms with Crippen LogP contribution in [-0.2, 0) is 14.4 Å². The van der Waals surface area contributed by atoms with Crippen molar-refractivity contribution in [3.05, 3.63) is 58.1 Å². The minimum atomic E-state index is -0.719. The molecular formula is C27H29Cl2N3O4S. The summed E-state index contributed by atoms with van der Waals surface area (Å²) >= 11 is 14.6. The van der Waals surface area contributed by atoms with Crippen LogP contribution in [0.3, 0.4) is 0 Å². The standard InChI is InChI=1S/C27H29Cl2N3O4S/c28-24-17(5-7-23(33)32-14-8-18(9-15-32)26(30)34)4-6-22(25(24)29)37-21-3-1-2-20(16-21)31-12-10-19(11-13-31)27(35)36/h1-7,16,18-19H,8-15H2,(H2,30,34)(H,35,36)/b7-5+. The van der Waals surface area contributed by atoms with Crippen molar-refractivity contribution >= 4 is 64.5 Å². The second-order valence-corrected chi connectivity index (χ2v) is 11.2. The molecule has 0 atom stereocenters. The van der Waals surface area contributed by atoms with Gasteiger partial charge in [0.2, 0.25) is 11.8 Å². The summed E-state index contributed by atoms with van der Waals surface area (Å²) in [6, 6.07) is 11.8. The van der Waals surface area contributed by atoms with Gasteiger partial charge in [-0.1, -0.05) is 47.1 Å². The predicted octanol–water partition coefficient (Wildman–Crippen LogP) is 5.18. The number of carbonyl (C=O) groups excluding carboxylic acids is 2. The van der Waals surface area contributed by atoms with E-state index in [1.54, 1.807) is 11.0 Å². The fourth-order valence-electron chi connectivity index (χ4n) is 4.66. The van der Waals surface area contributed by atoms with Gasteiger partial charge in [-0.25, -0.2) is 0 Å². The van der Waals surface area contributed by atoms with Gasteiger partial charge in [0.25, 0.3) is 0 Å². The molecule has 10 heteroatoms. The molecule has 2 aromatic rings. The third-order valence-electron chi connectivity index (χ3n) is 6.95. The first kappa shape index (κ1) is 27.4. The van der Waals surface area contributed by atoms with E-state index in [4.69, 9.17) is 28.9 Å². The first-order valence-corrected chi connectivity index (χ1v) is 13.8. The van der Waals surface area contributed by atoms with Gasteiger partial charge in [-0.2, -0.15) is 0 Å². The Balaban J connectivity index is 1.39. The molecule has 0 aliphatic carbocycles. The van der Waals surface area contributed by atoms with E-state index in [0.29, 0.717) is 67.5 Å². The Hall–Kier alpha value is -2.68. The topological polar surface area (TPSA) is 104 Å². The maximum atomic E-state index is 12.6. The fourth-order valence-corrected chi connectivity index (χ4v) is 6.14. The molecule has 0 spiro atoms. The van der Waals surface area contributed by atoms with Gasteiger partial charge >= 0.3 is 5.97 Å². The Kier molecular flexibility index (Phi) is 9.05. The molecule has 2 fully saturated rings. The maximum absolute atomic E-state index is 12.6. The Morgan fingerprint density at radius 2 is 1.62 bits per heavy atom. The second-order valence-electron chi connectivity index (χ2n) is 9.32. The molecule has 2 heterocycles. The number of nitrogens with zero attached hydrogens (tertiary/aromatic N) is 2. The number of carbonyl (C=O) groups is 3. The van der Waals surface area contributed by atoms with Crippen LogP contribution >= 0.6 is 35.0 Å². The molecule has 4 rings (SSSR count). The third-order valence-corrected chi connectivity index (χ3v) is 9.00. The number of carboxylic acids is 1. The molecule has 0 bridgehead atoms. The van der Waals surface area contributed by atoms with E-state index in [1.165, 1.54) is 17.8 Å². The smallest absolute Gasteiger partial charge is 0.306 e. The van der Waals surface area contributed by atoms with Gasteiger partial charge in [-0.3, -0.25) is 14.4 Å². The Bertz CT molecular complexity index is 1210. The molecule has 3 N–H and O–H groups in total. The Morgan fingerprint density at radius 1 is 0.946 bits per heavy atom. The monoisotopic (exact) mass is 561 g/mol. The summed E-state index contributed by atoms with van der Waals surface area (Å²) in [5, 5.41) is 10.0. The molecule has 2 aliphatic rings. The number of benzene rings is 2. The number of hydrogen-bond acceptors (Lipinski definition) is 5. The van der Waals surface area contributed by atoms with Crippen LogP contribution in [0.4, 0.5) is 5.69 Å². The van der Waals surface area contributed by atoms with Crippen molar-refractivity contribution in [2.75, 3.05) is 31.1 Å². The van der Waals surface area contributed by atoms with Crippen molar-refractivity contribution in [1.82, 2.24) is 4.90 Å². The van der Waals surface area contributed by atoms with Gasteiger partial charge in [0, 0.05) is 53.7 Å². The van der Waals surface area contributed by atoms with E-state index in [9.17, 15) is 19.5 Å². The number of hydrogen-bond donors (Lipinski definition) is 2. The highest BCUT2D eigenvalue weighted by Gasteiger charge is 2.26. The van der Waals surface area contributed by atoms with Crippen molar-refractivity contribution in [3.8, 4) is 0 Å². The van der Waals surface area contributed by atoms with E-state index in [1.807, 2.05) is 30.3 Å². The number of likely N-dealkylation sites (tertiary alicyclic amines) is 1. The number of piperidine rings is 2. The molecule has 0 aromatic heterocycles. The highest BCUT2D eigenvalue weighted by molar-refractivity contribution is 7.99. The molecule has 196 valence electrons. The third kappa shape index (κ3) is 6.80. The molecule has 2 aromatic carbocycles. The second kappa shape index (κ2) is 12.2. The number of rotatable bonds is 7. The van der Waals surface area contributed by atoms with Crippen LogP contribution in [0.5, 0.6) is 0 Å². The van der Waals surface area contributed by atoms with Gasteiger partial charge in [-0.15, -0.1) is 0 Å². The number of anilines is 1. The van der Waals surface area contributed by atoms with Gasteiger partial charge in [0.15, 0.2) is 0 Å². The van der Waals surface area contributed by atoms with Crippen LogP contribution in [0, 0.1) is 11.8 Å². The number of halogens is 2. The van der Waals surface area contributed by atoms with Crippen LogP contribution < -0.4 is 10.6 Å². The number of aliphatic carboxylic acids is 1. The Labute approximate surface area is 230 Å². The van der Waals surface area contributed by atoms with Crippen molar-refractivity contribution < 1.29 is 19.5 Å². The van der Waals surface area contributed by atoms with E-state index in [-0.39, 0.29) is 23.7 Å². The lowest BCUT2D eigenvalue weighted by molar-refractivity contribution is -0.142. The summed E-state index contributed by atoms with van der Waals surface area (Å²) in [5.41, 5.74) is 7.06. The number of amides is 2. The molecule has 2 saturated heterocycles. The van der Waals surface area contributed by atoms with E-state index >= 15 is 0 Å². The summed E-state index contributed by atoms with van der Waals surface area (Å²) in [7, 11) is 0. The van der Waals surface area contributed by atoms with Gasteiger partial charge < -0.3 is 20.6 Å². The normalized spacial score (nSPS) is 17.4. The highest BCUT2D eigenvalue weighted by Crippen LogP contribution is 2.40. The summed E-state index contributed by atoms with van der Waals surface area (Å²) in [5.74, 6) is -1.61. The predicted molar refractivity (Wildman–Crippen MR) is 147 cm³/mol. The molecule has 7 nitrogen and oxygen atoms in total. The molecule has 2 aliphatic heterocycles. The Morgan fingerprint density at radius 3 is 2.27 bits per heavy atom. The van der Waals surface area contributed by atoms with Crippen LogP contribution in [0.15, 0.2) is 52.3 Å². The molecular weight excluding hydrogens is 533 g/mol. The highest BCUT2D eigenvalue weighted by atomic mass is 35.5. The lowest BCUT2D eigenvalue weighted by Crippen LogP contribution is -2.41. The summed E-state index contributed by atoms with van der Waals surface area (Å²) in [6.45, 7) is 2.41. The van der Waals surface area contributed by atoms with E-state index in [2.05, 4.69) is 11.0 Å². The fraction of sp³-hybridized carbons (Fsp3) is 0.370. The number of carboxylic acid groups (broad SMARTS) is 1. The van der Waals surface area contributed by atoms with Gasteiger partial charge in [-0.05, 0) is 61.6 Å². The van der Waals surface area contributed by atoms with Crippen LogP contribution in [0.1, 0.15) is 31.2 Å². The van der Waals surface area contributed by atoms with Crippen LogP contribution in [0.2, 0.25) is 10.0 Å². The average Bonchev–Trinajstić information content (AvgIpc) is 2.91. The number of nitrogens with two attached hydrogens (primary N) is 1. The molecule has 37 heavy (non-hydrogen) atoms. The zero-order valence-corrected chi connectivity index (χ0v) is 22.6. The molecule has 0 saturated carbocycles. The van der Waals surface area contributed by atoms with E-state index < -0.39 is 5.97 Å². The lowest BCUT2D eigenvalue weighted by atomic mass is 9.96. The first-order valence-electron chi connectivity index (χ1n) is 12.2. The van der Waals surface area contributed by atoms with Crippen molar-refractivity contribution in [2.24, 2.45) is 17.6 Å². The first-order chi connectivity index (χ1) is 17.7. The minimum Gasteiger partial charge on any atom is -0.481 e.